The lowest BCUT2D eigenvalue weighted by atomic mass is 9.79. The summed E-state index contributed by atoms with van der Waals surface area (Å²) >= 11 is 6.05. The molecule has 1 unspecified atom stereocenters. The molecule has 3 heteroatoms. The van der Waals surface area contributed by atoms with Gasteiger partial charge in [0.1, 0.15) is 0 Å². The third-order valence-electron chi connectivity index (χ3n) is 5.07. The van der Waals surface area contributed by atoms with Gasteiger partial charge in [0.2, 0.25) is 0 Å². The molecule has 0 saturated heterocycles. The maximum atomic E-state index is 10.7. The van der Waals surface area contributed by atoms with E-state index >= 15 is 0 Å². The molecule has 0 aliphatic heterocycles. The molecule has 1 aromatic carbocycles. The Balaban J connectivity index is 1.60. The van der Waals surface area contributed by atoms with Crippen LogP contribution in [0.4, 0.5) is 0 Å². The Hall–Kier alpha value is -0.570. The maximum absolute atomic E-state index is 10.7. The monoisotopic (exact) mass is 293 g/mol. The normalized spacial score (nSPS) is 33.1. The summed E-state index contributed by atoms with van der Waals surface area (Å²) in [5.74, 6) is 0.768. The second-order valence-electron chi connectivity index (χ2n) is 6.72. The quantitative estimate of drug-likeness (QED) is 0.887. The third kappa shape index (κ3) is 3.03. The molecule has 0 bridgehead atoms. The molecular weight excluding hydrogens is 270 g/mol. The van der Waals surface area contributed by atoms with Crippen LogP contribution >= 0.6 is 11.6 Å². The fourth-order valence-corrected chi connectivity index (χ4v) is 3.78. The highest BCUT2D eigenvalue weighted by Crippen LogP contribution is 2.35. The van der Waals surface area contributed by atoms with E-state index in [2.05, 4.69) is 24.4 Å². The lowest BCUT2D eigenvalue weighted by Gasteiger charge is -2.36. The van der Waals surface area contributed by atoms with Gasteiger partial charge in [-0.05, 0) is 67.7 Å². The van der Waals surface area contributed by atoms with Crippen LogP contribution in [0, 0.1) is 5.92 Å². The molecule has 1 saturated carbocycles. The van der Waals surface area contributed by atoms with Crippen LogP contribution in [0.1, 0.15) is 56.2 Å². The van der Waals surface area contributed by atoms with Crippen LogP contribution < -0.4 is 5.32 Å². The molecule has 2 N–H and O–H groups in total. The number of aryl methyl sites for hydroxylation is 1. The zero-order chi connectivity index (χ0) is 14.2. The van der Waals surface area contributed by atoms with Gasteiger partial charge in [-0.2, -0.15) is 0 Å². The number of halogens is 1. The largest absolute Gasteiger partial charge is 0.389 e. The molecule has 0 amide bonds. The van der Waals surface area contributed by atoms with Crippen LogP contribution in [0.2, 0.25) is 5.02 Å². The summed E-state index contributed by atoms with van der Waals surface area (Å²) in [6, 6.07) is 6.56. The molecule has 0 radical (unpaired) electrons. The first kappa shape index (κ1) is 14.4. The van der Waals surface area contributed by atoms with E-state index in [9.17, 15) is 5.11 Å². The summed E-state index contributed by atoms with van der Waals surface area (Å²) < 4.78 is 0. The average molecular weight is 294 g/mol. The van der Waals surface area contributed by atoms with Gasteiger partial charge >= 0.3 is 0 Å². The molecule has 3 rings (SSSR count). The van der Waals surface area contributed by atoms with E-state index in [1.54, 1.807) is 0 Å². The predicted octanol–water partition coefficient (Wildman–Crippen LogP) is 3.86. The van der Waals surface area contributed by atoms with E-state index in [1.165, 1.54) is 11.1 Å². The van der Waals surface area contributed by atoms with Crippen LogP contribution in [0.5, 0.6) is 0 Å². The summed E-state index contributed by atoms with van der Waals surface area (Å²) in [6.07, 6.45) is 6.36. The van der Waals surface area contributed by atoms with E-state index in [1.807, 2.05) is 6.07 Å². The van der Waals surface area contributed by atoms with E-state index in [0.29, 0.717) is 12.6 Å². The molecule has 2 nitrogen and oxygen atoms in total. The number of fused-ring (bicyclic) bond motifs is 1. The number of rotatable bonds is 3. The highest BCUT2D eigenvalue weighted by molar-refractivity contribution is 6.30. The van der Waals surface area contributed by atoms with E-state index < -0.39 is 5.60 Å². The molecule has 0 aromatic heterocycles. The van der Waals surface area contributed by atoms with Crippen LogP contribution in [0.3, 0.4) is 0 Å². The molecule has 2 aliphatic rings. The molecule has 110 valence electrons. The summed E-state index contributed by atoms with van der Waals surface area (Å²) in [7, 11) is 0. The SMILES string of the molecule is CC1CCC(O)(CNC2CCc3cc(Cl)ccc32)CC1. The number of hydrogen-bond donors (Lipinski definition) is 2. The average Bonchev–Trinajstić information content (AvgIpc) is 2.83. The zero-order valence-corrected chi connectivity index (χ0v) is 12.9. The lowest BCUT2D eigenvalue weighted by molar-refractivity contribution is -0.00818. The van der Waals surface area contributed by atoms with Crippen molar-refractivity contribution in [3.63, 3.8) is 0 Å². The van der Waals surface area contributed by atoms with Crippen molar-refractivity contribution in [2.24, 2.45) is 5.92 Å². The summed E-state index contributed by atoms with van der Waals surface area (Å²) in [4.78, 5) is 0. The lowest BCUT2D eigenvalue weighted by Crippen LogP contribution is -2.44. The number of benzene rings is 1. The van der Waals surface area contributed by atoms with Crippen molar-refractivity contribution < 1.29 is 5.11 Å². The van der Waals surface area contributed by atoms with Crippen molar-refractivity contribution in [2.75, 3.05) is 6.54 Å². The Bertz CT molecular complexity index is 480. The van der Waals surface area contributed by atoms with Crippen LogP contribution in [0.25, 0.3) is 0 Å². The van der Waals surface area contributed by atoms with Crippen LogP contribution in [-0.2, 0) is 6.42 Å². The molecule has 0 heterocycles. The molecule has 1 fully saturated rings. The number of aliphatic hydroxyl groups is 1. The Labute approximate surface area is 126 Å². The summed E-state index contributed by atoms with van der Waals surface area (Å²) in [6.45, 7) is 3.00. The zero-order valence-electron chi connectivity index (χ0n) is 12.2. The van der Waals surface area contributed by atoms with Gasteiger partial charge in [-0.3, -0.25) is 0 Å². The second kappa shape index (κ2) is 5.67. The summed E-state index contributed by atoms with van der Waals surface area (Å²) in [5.41, 5.74) is 2.23. The van der Waals surface area contributed by atoms with Gasteiger partial charge in [0.15, 0.2) is 0 Å². The van der Waals surface area contributed by atoms with Crippen molar-refractivity contribution in [2.45, 2.75) is 57.1 Å². The Morgan fingerprint density at radius 1 is 1.30 bits per heavy atom. The summed E-state index contributed by atoms with van der Waals surface area (Å²) in [5, 5.41) is 15.1. The second-order valence-corrected chi connectivity index (χ2v) is 7.16. The van der Waals surface area contributed by atoms with Crippen LogP contribution in [-0.4, -0.2) is 17.3 Å². The predicted molar refractivity (Wildman–Crippen MR) is 83.1 cm³/mol. The molecule has 20 heavy (non-hydrogen) atoms. The van der Waals surface area contributed by atoms with Gasteiger partial charge in [-0.15, -0.1) is 0 Å². The highest BCUT2D eigenvalue weighted by atomic mass is 35.5. The van der Waals surface area contributed by atoms with Gasteiger partial charge in [-0.25, -0.2) is 0 Å². The van der Waals surface area contributed by atoms with Gasteiger partial charge in [0.25, 0.3) is 0 Å². The first-order valence-corrected chi connectivity index (χ1v) is 8.18. The fraction of sp³-hybridized carbons (Fsp3) is 0.647. The highest BCUT2D eigenvalue weighted by Gasteiger charge is 2.33. The van der Waals surface area contributed by atoms with Gasteiger partial charge in [0, 0.05) is 17.6 Å². The van der Waals surface area contributed by atoms with E-state index in [-0.39, 0.29) is 0 Å². The number of nitrogens with one attached hydrogen (secondary N) is 1. The fourth-order valence-electron chi connectivity index (χ4n) is 3.59. The van der Waals surface area contributed by atoms with E-state index in [4.69, 9.17) is 11.6 Å². The minimum Gasteiger partial charge on any atom is -0.389 e. The molecule has 0 spiro atoms. The van der Waals surface area contributed by atoms with Crippen molar-refractivity contribution in [1.82, 2.24) is 5.32 Å². The topological polar surface area (TPSA) is 32.3 Å². The Kier molecular flexibility index (Phi) is 4.07. The molecule has 1 aromatic rings. The van der Waals surface area contributed by atoms with Crippen molar-refractivity contribution in [1.29, 1.82) is 0 Å². The van der Waals surface area contributed by atoms with E-state index in [0.717, 1.165) is 49.5 Å². The molecule has 2 aliphatic carbocycles. The van der Waals surface area contributed by atoms with Gasteiger partial charge in [-0.1, -0.05) is 24.6 Å². The maximum Gasteiger partial charge on any atom is 0.0772 e. The Morgan fingerprint density at radius 3 is 2.80 bits per heavy atom. The third-order valence-corrected chi connectivity index (χ3v) is 5.30. The van der Waals surface area contributed by atoms with Crippen molar-refractivity contribution >= 4 is 11.6 Å². The smallest absolute Gasteiger partial charge is 0.0772 e. The van der Waals surface area contributed by atoms with Gasteiger partial charge in [0.05, 0.1) is 5.60 Å². The first-order chi connectivity index (χ1) is 9.56. The standard InChI is InChI=1S/C17H24ClNO/c1-12-6-8-17(20,9-7-12)11-19-16-5-2-13-10-14(18)3-4-15(13)16/h3-4,10,12,16,19-20H,2,5-9,11H2,1H3. The van der Waals surface area contributed by atoms with Crippen LogP contribution in [0.15, 0.2) is 18.2 Å². The van der Waals surface area contributed by atoms with Crippen molar-refractivity contribution in [3.05, 3.63) is 34.3 Å². The first-order valence-electron chi connectivity index (χ1n) is 7.80. The van der Waals surface area contributed by atoms with Crippen molar-refractivity contribution in [3.8, 4) is 0 Å². The minimum absolute atomic E-state index is 0.380. The molecule has 1 atom stereocenters. The minimum atomic E-state index is -0.498. The number of hydrogen-bond acceptors (Lipinski definition) is 2. The molecular formula is C17H24ClNO. The van der Waals surface area contributed by atoms with Gasteiger partial charge < -0.3 is 10.4 Å². The Morgan fingerprint density at radius 2 is 2.05 bits per heavy atom.